The maximum Gasteiger partial charge on any atom is 0.191 e. The quantitative estimate of drug-likeness (QED) is 0.436. The Kier molecular flexibility index (Phi) is 8.38. The number of nitrogens with zero attached hydrogens (tertiary/aromatic N) is 1. The molecule has 0 amide bonds. The molecule has 1 rings (SSSR count). The van der Waals surface area contributed by atoms with E-state index in [4.69, 9.17) is 9.47 Å². The monoisotopic (exact) mass is 297 g/mol. The number of ether oxygens (including phenoxy) is 2. The second-order valence-electron chi connectivity index (χ2n) is 4.42. The Balaban J connectivity index is 2.64. The van der Waals surface area contributed by atoms with E-state index in [-0.39, 0.29) is 11.9 Å². The molecule has 0 radical (unpaired) electrons. The zero-order valence-electron chi connectivity index (χ0n) is 12.9. The van der Waals surface area contributed by atoms with Gasteiger partial charge in [0.05, 0.1) is 13.2 Å². The maximum atomic E-state index is 12.9. The molecule has 0 saturated heterocycles. The SMILES string of the molecule is CCNC(=NCC(OC)c1ccc(F)cc1)NCCOC. The summed E-state index contributed by atoms with van der Waals surface area (Å²) >= 11 is 0. The number of hydrogen-bond donors (Lipinski definition) is 2. The van der Waals surface area contributed by atoms with Crippen molar-refractivity contribution in [1.82, 2.24) is 10.6 Å². The minimum Gasteiger partial charge on any atom is -0.383 e. The third-order valence-electron chi connectivity index (χ3n) is 2.88. The first kappa shape index (κ1) is 17.4. The van der Waals surface area contributed by atoms with Crippen LogP contribution in [0.5, 0.6) is 0 Å². The van der Waals surface area contributed by atoms with Crippen molar-refractivity contribution in [1.29, 1.82) is 0 Å². The number of hydrogen-bond acceptors (Lipinski definition) is 3. The number of guanidine groups is 1. The van der Waals surface area contributed by atoms with Crippen LogP contribution in [0.4, 0.5) is 4.39 Å². The van der Waals surface area contributed by atoms with Crippen LogP contribution in [-0.2, 0) is 9.47 Å². The van der Waals surface area contributed by atoms with Gasteiger partial charge < -0.3 is 20.1 Å². The molecule has 2 N–H and O–H groups in total. The van der Waals surface area contributed by atoms with Gasteiger partial charge >= 0.3 is 0 Å². The summed E-state index contributed by atoms with van der Waals surface area (Å²) in [5, 5.41) is 6.31. The minimum absolute atomic E-state index is 0.205. The molecule has 1 aromatic rings. The fourth-order valence-electron chi connectivity index (χ4n) is 1.78. The van der Waals surface area contributed by atoms with Crippen LogP contribution in [-0.4, -0.2) is 46.4 Å². The third kappa shape index (κ3) is 6.55. The van der Waals surface area contributed by atoms with Crippen molar-refractivity contribution in [2.24, 2.45) is 4.99 Å². The normalized spacial score (nSPS) is 13.0. The summed E-state index contributed by atoms with van der Waals surface area (Å²) in [7, 11) is 3.27. The topological polar surface area (TPSA) is 54.9 Å². The van der Waals surface area contributed by atoms with E-state index in [0.29, 0.717) is 25.7 Å². The Morgan fingerprint density at radius 3 is 2.52 bits per heavy atom. The van der Waals surface area contributed by atoms with Gasteiger partial charge in [0.15, 0.2) is 5.96 Å². The zero-order valence-corrected chi connectivity index (χ0v) is 12.9. The predicted molar refractivity (Wildman–Crippen MR) is 82.0 cm³/mol. The summed E-state index contributed by atoms with van der Waals surface area (Å²) in [6.07, 6.45) is -0.205. The molecule has 21 heavy (non-hydrogen) atoms. The first-order valence-electron chi connectivity index (χ1n) is 7.00. The van der Waals surface area contributed by atoms with Crippen molar-refractivity contribution in [2.75, 3.05) is 40.5 Å². The number of aliphatic imine (C=N–C) groups is 1. The second-order valence-corrected chi connectivity index (χ2v) is 4.42. The van der Waals surface area contributed by atoms with Gasteiger partial charge in [0.1, 0.15) is 11.9 Å². The van der Waals surface area contributed by atoms with E-state index in [9.17, 15) is 4.39 Å². The molecule has 1 aromatic carbocycles. The van der Waals surface area contributed by atoms with E-state index in [1.54, 1.807) is 26.4 Å². The van der Waals surface area contributed by atoms with Crippen LogP contribution in [0, 0.1) is 5.82 Å². The summed E-state index contributed by atoms with van der Waals surface area (Å²) in [5.74, 6) is 0.449. The summed E-state index contributed by atoms with van der Waals surface area (Å²) in [5.41, 5.74) is 0.899. The number of methoxy groups -OCH3 is 2. The first-order chi connectivity index (χ1) is 10.2. The van der Waals surface area contributed by atoms with Gasteiger partial charge in [-0.3, -0.25) is 4.99 Å². The molecule has 118 valence electrons. The molecule has 5 nitrogen and oxygen atoms in total. The lowest BCUT2D eigenvalue weighted by molar-refractivity contribution is 0.111. The molecule has 0 saturated carbocycles. The highest BCUT2D eigenvalue weighted by Crippen LogP contribution is 2.17. The second kappa shape index (κ2) is 10.1. The van der Waals surface area contributed by atoms with Gasteiger partial charge in [0.2, 0.25) is 0 Å². The van der Waals surface area contributed by atoms with Crippen molar-refractivity contribution in [2.45, 2.75) is 13.0 Å². The van der Waals surface area contributed by atoms with Crippen LogP contribution >= 0.6 is 0 Å². The lowest BCUT2D eigenvalue weighted by atomic mass is 10.1. The molecule has 1 unspecified atom stereocenters. The van der Waals surface area contributed by atoms with Gasteiger partial charge in [-0.1, -0.05) is 12.1 Å². The highest BCUT2D eigenvalue weighted by Gasteiger charge is 2.10. The average molecular weight is 297 g/mol. The van der Waals surface area contributed by atoms with E-state index < -0.39 is 0 Å². The molecule has 0 spiro atoms. The smallest absolute Gasteiger partial charge is 0.191 e. The molecule has 0 aliphatic rings. The van der Waals surface area contributed by atoms with E-state index in [0.717, 1.165) is 12.1 Å². The van der Waals surface area contributed by atoms with Crippen molar-refractivity contribution in [3.05, 3.63) is 35.6 Å². The maximum absolute atomic E-state index is 12.9. The van der Waals surface area contributed by atoms with Crippen molar-refractivity contribution < 1.29 is 13.9 Å². The van der Waals surface area contributed by atoms with Gasteiger partial charge in [-0.2, -0.15) is 0 Å². The van der Waals surface area contributed by atoms with Crippen molar-refractivity contribution >= 4 is 5.96 Å². The molecular formula is C15H24FN3O2. The molecule has 0 aliphatic heterocycles. The summed E-state index contributed by atoms with van der Waals surface area (Å²) < 4.78 is 23.4. The minimum atomic E-state index is -0.258. The van der Waals surface area contributed by atoms with Crippen LogP contribution in [0.25, 0.3) is 0 Å². The van der Waals surface area contributed by atoms with E-state index >= 15 is 0 Å². The standard InChI is InChI=1S/C15H24FN3O2/c1-4-17-15(18-9-10-20-2)19-11-14(21-3)12-5-7-13(16)8-6-12/h5-8,14H,4,9-11H2,1-3H3,(H2,17,18,19). The van der Waals surface area contributed by atoms with Crippen LogP contribution in [0.3, 0.4) is 0 Å². The van der Waals surface area contributed by atoms with E-state index in [1.165, 1.54) is 12.1 Å². The van der Waals surface area contributed by atoms with Gasteiger partial charge in [0, 0.05) is 27.3 Å². The van der Waals surface area contributed by atoms with E-state index in [2.05, 4.69) is 15.6 Å². The van der Waals surface area contributed by atoms with Gasteiger partial charge in [0.25, 0.3) is 0 Å². The molecule has 0 aliphatic carbocycles. The fraction of sp³-hybridized carbons (Fsp3) is 0.533. The third-order valence-corrected chi connectivity index (χ3v) is 2.88. The number of rotatable bonds is 8. The Hall–Kier alpha value is -1.66. The van der Waals surface area contributed by atoms with Gasteiger partial charge in [-0.15, -0.1) is 0 Å². The van der Waals surface area contributed by atoms with Gasteiger partial charge in [-0.25, -0.2) is 4.39 Å². The summed E-state index contributed by atoms with van der Waals surface area (Å²) in [6.45, 7) is 4.51. The lowest BCUT2D eigenvalue weighted by Crippen LogP contribution is -2.39. The predicted octanol–water partition coefficient (Wildman–Crippen LogP) is 1.71. The van der Waals surface area contributed by atoms with Crippen molar-refractivity contribution in [3.8, 4) is 0 Å². The average Bonchev–Trinajstić information content (AvgIpc) is 2.49. The van der Waals surface area contributed by atoms with Crippen LogP contribution < -0.4 is 10.6 Å². The largest absolute Gasteiger partial charge is 0.383 e. The highest BCUT2D eigenvalue weighted by molar-refractivity contribution is 5.79. The Labute approximate surface area is 125 Å². The fourth-order valence-corrected chi connectivity index (χ4v) is 1.78. The molecule has 0 fully saturated rings. The van der Waals surface area contributed by atoms with Crippen LogP contribution in [0.15, 0.2) is 29.3 Å². The highest BCUT2D eigenvalue weighted by atomic mass is 19.1. The Morgan fingerprint density at radius 1 is 1.24 bits per heavy atom. The van der Waals surface area contributed by atoms with Gasteiger partial charge in [-0.05, 0) is 24.6 Å². The Bertz CT molecular complexity index is 423. The molecule has 0 heterocycles. The van der Waals surface area contributed by atoms with E-state index in [1.807, 2.05) is 6.92 Å². The summed E-state index contributed by atoms with van der Waals surface area (Å²) in [6, 6.07) is 6.27. The summed E-state index contributed by atoms with van der Waals surface area (Å²) in [4.78, 5) is 4.48. The molecule has 0 aromatic heterocycles. The lowest BCUT2D eigenvalue weighted by Gasteiger charge is -2.16. The number of benzene rings is 1. The Morgan fingerprint density at radius 2 is 1.95 bits per heavy atom. The number of halogens is 1. The molecule has 1 atom stereocenters. The molecule has 6 heteroatoms. The van der Waals surface area contributed by atoms with Crippen LogP contribution in [0.1, 0.15) is 18.6 Å². The first-order valence-corrected chi connectivity index (χ1v) is 7.00. The zero-order chi connectivity index (χ0) is 15.5. The molecular weight excluding hydrogens is 273 g/mol. The van der Waals surface area contributed by atoms with Crippen molar-refractivity contribution in [3.63, 3.8) is 0 Å². The molecule has 0 bridgehead atoms. The number of nitrogens with one attached hydrogen (secondary N) is 2. The van der Waals surface area contributed by atoms with Crippen LogP contribution in [0.2, 0.25) is 0 Å².